The summed E-state index contributed by atoms with van der Waals surface area (Å²) < 4.78 is 27.1. The second kappa shape index (κ2) is 6.46. The average Bonchev–Trinajstić information content (AvgIpc) is 3.09. The first-order valence-corrected chi connectivity index (χ1v) is 8.88. The number of pyridine rings is 1. The van der Waals surface area contributed by atoms with Crippen molar-refractivity contribution in [1.29, 1.82) is 0 Å². The summed E-state index contributed by atoms with van der Waals surface area (Å²) in [6.45, 7) is 2.30. The van der Waals surface area contributed by atoms with Gasteiger partial charge in [-0.1, -0.05) is 18.2 Å². The molecule has 0 amide bonds. The second-order valence-electron chi connectivity index (χ2n) is 5.35. The maximum absolute atomic E-state index is 12.2. The minimum absolute atomic E-state index is 0.264. The average molecular weight is 317 g/mol. The number of nitrogens with one attached hydrogen (secondary N) is 1. The Morgan fingerprint density at radius 2 is 1.82 bits per heavy atom. The predicted molar refractivity (Wildman–Crippen MR) is 86.2 cm³/mol. The highest BCUT2D eigenvalue weighted by atomic mass is 32.2. The first kappa shape index (κ1) is 15.0. The second-order valence-corrected chi connectivity index (χ2v) is 7.12. The Balaban J connectivity index is 1.70. The van der Waals surface area contributed by atoms with Crippen LogP contribution in [0.2, 0.25) is 0 Å². The van der Waals surface area contributed by atoms with E-state index in [1.165, 1.54) is 12.8 Å². The van der Waals surface area contributed by atoms with Crippen LogP contribution in [0.25, 0.3) is 0 Å². The molecule has 116 valence electrons. The van der Waals surface area contributed by atoms with Crippen molar-refractivity contribution < 1.29 is 8.42 Å². The van der Waals surface area contributed by atoms with Gasteiger partial charge in [0.05, 0.1) is 4.90 Å². The number of hydrogen-bond donors (Lipinski definition) is 1. The van der Waals surface area contributed by atoms with E-state index >= 15 is 0 Å². The Bertz CT molecular complexity index is 726. The summed E-state index contributed by atoms with van der Waals surface area (Å²) in [5.74, 6) is 0.925. The monoisotopic (exact) mass is 317 g/mol. The molecule has 0 radical (unpaired) electrons. The zero-order chi connectivity index (χ0) is 15.4. The van der Waals surface area contributed by atoms with Crippen molar-refractivity contribution in [2.45, 2.75) is 24.3 Å². The van der Waals surface area contributed by atoms with Crippen molar-refractivity contribution in [3.05, 3.63) is 54.2 Å². The maximum Gasteiger partial charge on any atom is 0.240 e. The molecule has 0 spiro atoms. The van der Waals surface area contributed by atoms with E-state index in [9.17, 15) is 8.42 Å². The third-order valence-corrected chi connectivity index (χ3v) is 5.18. The molecule has 5 nitrogen and oxygen atoms in total. The lowest BCUT2D eigenvalue weighted by Crippen LogP contribution is -2.24. The molecule has 1 aromatic heterocycles. The van der Waals surface area contributed by atoms with Gasteiger partial charge < -0.3 is 4.90 Å². The van der Waals surface area contributed by atoms with Crippen LogP contribution in [-0.4, -0.2) is 26.5 Å². The van der Waals surface area contributed by atoms with Gasteiger partial charge in [0.2, 0.25) is 10.0 Å². The quantitative estimate of drug-likeness (QED) is 0.918. The number of aromatic nitrogens is 1. The number of sulfonamides is 1. The molecule has 3 rings (SSSR count). The molecule has 1 fully saturated rings. The van der Waals surface area contributed by atoms with Gasteiger partial charge in [-0.3, -0.25) is 0 Å². The Kier molecular flexibility index (Phi) is 4.40. The minimum atomic E-state index is -3.47. The molecule has 0 atom stereocenters. The summed E-state index contributed by atoms with van der Waals surface area (Å²) in [5, 5.41) is 0. The lowest BCUT2D eigenvalue weighted by atomic mass is 10.2. The van der Waals surface area contributed by atoms with E-state index in [4.69, 9.17) is 0 Å². The fourth-order valence-electron chi connectivity index (χ4n) is 2.55. The van der Waals surface area contributed by atoms with E-state index in [0.717, 1.165) is 24.5 Å². The molecule has 0 saturated carbocycles. The lowest BCUT2D eigenvalue weighted by molar-refractivity contribution is 0.581. The number of nitrogens with zero attached hydrogens (tertiary/aromatic N) is 2. The highest BCUT2D eigenvalue weighted by molar-refractivity contribution is 7.89. The fraction of sp³-hybridized carbons (Fsp3) is 0.312. The van der Waals surface area contributed by atoms with Gasteiger partial charge >= 0.3 is 0 Å². The van der Waals surface area contributed by atoms with E-state index in [0.29, 0.717) is 0 Å². The third kappa shape index (κ3) is 3.45. The summed E-state index contributed by atoms with van der Waals surface area (Å²) in [5.41, 5.74) is 0.913. The highest BCUT2D eigenvalue weighted by Crippen LogP contribution is 2.18. The Hall–Kier alpha value is -1.92. The standard InChI is InChI=1S/C16H19N3O2S/c20-22(21,15-6-2-1-3-7-15)18-13-14-8-9-17-16(12-14)19-10-4-5-11-19/h1-3,6-9,12,18H,4-5,10-11,13H2. The molecule has 0 bridgehead atoms. The Morgan fingerprint density at radius 3 is 2.55 bits per heavy atom. The van der Waals surface area contributed by atoms with Crippen LogP contribution in [0, 0.1) is 0 Å². The van der Waals surface area contributed by atoms with Crippen LogP contribution in [0.15, 0.2) is 53.6 Å². The molecule has 6 heteroatoms. The van der Waals surface area contributed by atoms with E-state index in [1.807, 2.05) is 12.1 Å². The van der Waals surface area contributed by atoms with Gasteiger partial charge in [-0.25, -0.2) is 18.1 Å². The van der Waals surface area contributed by atoms with Crippen molar-refractivity contribution in [2.75, 3.05) is 18.0 Å². The van der Waals surface area contributed by atoms with Crippen LogP contribution in [0.5, 0.6) is 0 Å². The van der Waals surface area contributed by atoms with E-state index < -0.39 is 10.0 Å². The van der Waals surface area contributed by atoms with Gasteiger partial charge in [-0.05, 0) is 42.7 Å². The molecule has 2 heterocycles. The number of benzene rings is 1. The van der Waals surface area contributed by atoms with Crippen LogP contribution >= 0.6 is 0 Å². The normalized spacial score (nSPS) is 15.2. The molecule has 2 aromatic rings. The van der Waals surface area contributed by atoms with E-state index in [1.54, 1.807) is 36.5 Å². The molecular weight excluding hydrogens is 298 g/mol. The van der Waals surface area contributed by atoms with Crippen LogP contribution in [-0.2, 0) is 16.6 Å². The summed E-state index contributed by atoms with van der Waals surface area (Å²) in [6, 6.07) is 12.2. The zero-order valence-corrected chi connectivity index (χ0v) is 13.1. The van der Waals surface area contributed by atoms with Crippen molar-refractivity contribution in [2.24, 2.45) is 0 Å². The van der Waals surface area contributed by atoms with Crippen molar-refractivity contribution >= 4 is 15.8 Å². The molecule has 1 saturated heterocycles. The number of anilines is 1. The highest BCUT2D eigenvalue weighted by Gasteiger charge is 2.15. The van der Waals surface area contributed by atoms with Crippen LogP contribution < -0.4 is 9.62 Å². The SMILES string of the molecule is O=S(=O)(NCc1ccnc(N2CCCC2)c1)c1ccccc1. The Morgan fingerprint density at radius 1 is 1.09 bits per heavy atom. The van der Waals surface area contributed by atoms with Crippen LogP contribution in [0.4, 0.5) is 5.82 Å². The van der Waals surface area contributed by atoms with Gasteiger partial charge in [0, 0.05) is 25.8 Å². The summed E-state index contributed by atoms with van der Waals surface area (Å²) in [7, 11) is -3.47. The lowest BCUT2D eigenvalue weighted by Gasteiger charge is -2.17. The van der Waals surface area contributed by atoms with Gasteiger partial charge in [-0.15, -0.1) is 0 Å². The van der Waals surface area contributed by atoms with Gasteiger partial charge in [-0.2, -0.15) is 0 Å². The molecule has 0 unspecified atom stereocenters. The van der Waals surface area contributed by atoms with E-state index in [-0.39, 0.29) is 11.4 Å². The van der Waals surface area contributed by atoms with E-state index in [2.05, 4.69) is 14.6 Å². The zero-order valence-electron chi connectivity index (χ0n) is 12.3. The molecule has 1 aromatic carbocycles. The van der Waals surface area contributed by atoms with Crippen molar-refractivity contribution in [3.63, 3.8) is 0 Å². The summed E-state index contributed by atoms with van der Waals surface area (Å²) in [4.78, 5) is 6.89. The third-order valence-electron chi connectivity index (χ3n) is 3.76. The van der Waals surface area contributed by atoms with Crippen molar-refractivity contribution in [1.82, 2.24) is 9.71 Å². The largest absolute Gasteiger partial charge is 0.357 e. The first-order valence-electron chi connectivity index (χ1n) is 7.40. The van der Waals surface area contributed by atoms with Gasteiger partial charge in [0.25, 0.3) is 0 Å². The molecule has 22 heavy (non-hydrogen) atoms. The summed E-state index contributed by atoms with van der Waals surface area (Å²) in [6.07, 6.45) is 4.11. The smallest absolute Gasteiger partial charge is 0.240 e. The van der Waals surface area contributed by atoms with Crippen molar-refractivity contribution in [3.8, 4) is 0 Å². The maximum atomic E-state index is 12.2. The van der Waals surface area contributed by atoms with Crippen LogP contribution in [0.3, 0.4) is 0 Å². The Labute approximate surface area is 131 Å². The fourth-order valence-corrected chi connectivity index (χ4v) is 3.59. The number of hydrogen-bond acceptors (Lipinski definition) is 4. The molecular formula is C16H19N3O2S. The van der Waals surface area contributed by atoms with Gasteiger partial charge in [0.15, 0.2) is 0 Å². The summed E-state index contributed by atoms with van der Waals surface area (Å²) >= 11 is 0. The molecule has 1 aliphatic rings. The van der Waals surface area contributed by atoms with Gasteiger partial charge in [0.1, 0.15) is 5.82 Å². The predicted octanol–water partition coefficient (Wildman–Crippen LogP) is 2.16. The molecule has 0 aliphatic carbocycles. The van der Waals surface area contributed by atoms with Crippen LogP contribution in [0.1, 0.15) is 18.4 Å². The minimum Gasteiger partial charge on any atom is -0.357 e. The first-order chi connectivity index (χ1) is 10.6. The number of rotatable bonds is 5. The topological polar surface area (TPSA) is 62.3 Å². The molecule has 1 aliphatic heterocycles. The molecule has 1 N–H and O–H groups in total.